The molecule has 0 radical (unpaired) electrons. The van der Waals surface area contributed by atoms with Gasteiger partial charge in [-0.05, 0) is 47.7 Å². The van der Waals surface area contributed by atoms with Crippen molar-refractivity contribution >= 4 is 43.4 Å². The highest BCUT2D eigenvalue weighted by Crippen LogP contribution is 2.40. The predicted octanol–water partition coefficient (Wildman–Crippen LogP) is 6.61. The summed E-state index contributed by atoms with van der Waals surface area (Å²) >= 11 is 1.33. The van der Waals surface area contributed by atoms with Crippen molar-refractivity contribution in [2.24, 2.45) is 0 Å². The van der Waals surface area contributed by atoms with E-state index in [1.54, 1.807) is 6.07 Å². The molecule has 33 heavy (non-hydrogen) atoms. The fourth-order valence-corrected chi connectivity index (χ4v) is 4.74. The number of halogens is 1. The first-order chi connectivity index (χ1) is 16.0. The molecule has 0 saturated carbocycles. The molecule has 0 atom stereocenters. The smallest absolute Gasteiger partial charge is 0.335 e. The largest absolute Gasteiger partial charge is 0.463 e. The lowest BCUT2D eigenvalue weighted by Gasteiger charge is -2.06. The minimum absolute atomic E-state index is 0.103. The molecule has 0 unspecified atom stereocenters. The molecule has 6 heteroatoms. The van der Waals surface area contributed by atoms with E-state index in [1.165, 1.54) is 17.4 Å². The van der Waals surface area contributed by atoms with Gasteiger partial charge in [0, 0.05) is 27.6 Å². The van der Waals surface area contributed by atoms with Crippen LogP contribution in [0.25, 0.3) is 31.3 Å². The Balaban J connectivity index is 1.55. The van der Waals surface area contributed by atoms with E-state index in [1.807, 2.05) is 30.3 Å². The van der Waals surface area contributed by atoms with Crippen LogP contribution < -0.4 is 4.74 Å². The molecular weight excluding hydrogens is 439 g/mol. The van der Waals surface area contributed by atoms with Gasteiger partial charge < -0.3 is 9.47 Å². The number of ether oxygens (including phenoxy) is 2. The van der Waals surface area contributed by atoms with E-state index >= 15 is 0 Å². The number of carbonyl (C=O) groups excluding carboxylic acids is 2. The molecule has 0 bridgehead atoms. The molecular formula is C27H21FO4S. The van der Waals surface area contributed by atoms with Crippen molar-refractivity contribution in [3.05, 3.63) is 91.3 Å². The summed E-state index contributed by atoms with van der Waals surface area (Å²) in [7, 11) is 0. The highest BCUT2D eigenvalue weighted by molar-refractivity contribution is 7.25. The maximum atomic E-state index is 14.9. The van der Waals surface area contributed by atoms with Gasteiger partial charge in [-0.15, -0.1) is 11.3 Å². The summed E-state index contributed by atoms with van der Waals surface area (Å²) in [6.07, 6.45) is 3.71. The molecule has 0 aliphatic rings. The van der Waals surface area contributed by atoms with Crippen molar-refractivity contribution in [3.63, 3.8) is 0 Å². The van der Waals surface area contributed by atoms with Crippen molar-refractivity contribution in [1.29, 1.82) is 0 Å². The fraction of sp³-hybridized carbons (Fsp3) is 0.111. The zero-order chi connectivity index (χ0) is 23.4. The molecule has 0 saturated heterocycles. The molecule has 4 nitrogen and oxygen atoms in total. The van der Waals surface area contributed by atoms with E-state index in [2.05, 4.69) is 25.3 Å². The summed E-state index contributed by atoms with van der Waals surface area (Å²) in [6.45, 7) is 7.08. The van der Waals surface area contributed by atoms with Crippen LogP contribution in [0.4, 0.5) is 4.39 Å². The minimum atomic E-state index is -0.696. The molecule has 0 aliphatic carbocycles. The predicted molar refractivity (Wildman–Crippen MR) is 130 cm³/mol. The van der Waals surface area contributed by atoms with Crippen LogP contribution in [0.5, 0.6) is 5.75 Å². The van der Waals surface area contributed by atoms with Crippen LogP contribution in [0.15, 0.2) is 79.9 Å². The third kappa shape index (κ3) is 4.86. The molecule has 4 rings (SSSR count). The van der Waals surface area contributed by atoms with Crippen LogP contribution in [-0.4, -0.2) is 18.5 Å². The van der Waals surface area contributed by atoms with Gasteiger partial charge in [-0.25, -0.2) is 14.0 Å². The van der Waals surface area contributed by atoms with Crippen molar-refractivity contribution in [1.82, 2.24) is 0 Å². The number of hydrogen-bond donors (Lipinski definition) is 0. The van der Waals surface area contributed by atoms with Gasteiger partial charge in [-0.2, -0.15) is 0 Å². The Morgan fingerprint density at radius 1 is 0.909 bits per heavy atom. The van der Waals surface area contributed by atoms with Gasteiger partial charge in [-0.3, -0.25) is 0 Å². The summed E-state index contributed by atoms with van der Waals surface area (Å²) < 4.78 is 26.3. The summed E-state index contributed by atoms with van der Waals surface area (Å²) in [5, 5.41) is 1.73. The Morgan fingerprint density at radius 2 is 1.61 bits per heavy atom. The van der Waals surface area contributed by atoms with Gasteiger partial charge in [0.05, 0.1) is 11.3 Å². The molecule has 0 fully saturated rings. The fourth-order valence-electron chi connectivity index (χ4n) is 3.57. The second-order valence-electron chi connectivity index (χ2n) is 7.36. The average Bonchev–Trinajstić information content (AvgIpc) is 3.22. The number of hydrogen-bond acceptors (Lipinski definition) is 5. The van der Waals surface area contributed by atoms with Crippen LogP contribution in [-0.2, 0) is 20.7 Å². The molecule has 3 aromatic carbocycles. The van der Waals surface area contributed by atoms with Crippen molar-refractivity contribution in [2.75, 3.05) is 6.61 Å². The number of thiophene rings is 1. The van der Waals surface area contributed by atoms with Crippen LogP contribution >= 0.6 is 11.3 Å². The maximum Gasteiger partial charge on any atom is 0.335 e. The number of benzene rings is 3. The Labute approximate surface area is 194 Å². The SMILES string of the molecule is C=CC(=O)OCCCc1ccc(-c2ccc3c(c2)sc2c(F)c(OC(=O)C=C)ccc23)cc1. The third-order valence-corrected chi connectivity index (χ3v) is 6.39. The topological polar surface area (TPSA) is 52.6 Å². The molecule has 0 aliphatic heterocycles. The number of aryl methyl sites for hydroxylation is 1. The van der Waals surface area contributed by atoms with Gasteiger partial charge in [0.25, 0.3) is 0 Å². The van der Waals surface area contributed by atoms with Crippen LogP contribution in [0.2, 0.25) is 0 Å². The van der Waals surface area contributed by atoms with E-state index in [4.69, 9.17) is 9.47 Å². The van der Waals surface area contributed by atoms with Crippen LogP contribution in [0.1, 0.15) is 12.0 Å². The third-order valence-electron chi connectivity index (χ3n) is 5.23. The molecule has 1 aromatic heterocycles. The second-order valence-corrected chi connectivity index (χ2v) is 8.42. The number of carbonyl (C=O) groups is 2. The van der Waals surface area contributed by atoms with Crippen molar-refractivity contribution in [3.8, 4) is 16.9 Å². The Morgan fingerprint density at radius 3 is 2.33 bits per heavy atom. The Bertz CT molecular complexity index is 1370. The second kappa shape index (κ2) is 9.79. The average molecular weight is 461 g/mol. The van der Waals surface area contributed by atoms with E-state index in [0.717, 1.165) is 57.2 Å². The quantitative estimate of drug-likeness (QED) is 0.128. The molecule has 4 aromatic rings. The Kier molecular flexibility index (Phi) is 6.66. The normalized spacial score (nSPS) is 10.8. The molecule has 166 valence electrons. The summed E-state index contributed by atoms with van der Waals surface area (Å²) in [6, 6.07) is 17.5. The first kappa shape index (κ1) is 22.4. The van der Waals surface area contributed by atoms with Crippen molar-refractivity contribution in [2.45, 2.75) is 12.8 Å². The summed E-state index contributed by atoms with van der Waals surface area (Å²) in [5.41, 5.74) is 3.23. The highest BCUT2D eigenvalue weighted by atomic mass is 32.1. The molecule has 0 spiro atoms. The first-order valence-corrected chi connectivity index (χ1v) is 11.2. The van der Waals surface area contributed by atoms with E-state index in [0.29, 0.717) is 11.3 Å². The van der Waals surface area contributed by atoms with Gasteiger partial charge in [-0.1, -0.05) is 49.6 Å². The van der Waals surface area contributed by atoms with Gasteiger partial charge in [0.15, 0.2) is 11.6 Å². The molecule has 0 N–H and O–H groups in total. The van der Waals surface area contributed by atoms with E-state index in [-0.39, 0.29) is 5.75 Å². The number of rotatable bonds is 8. The number of fused-ring (bicyclic) bond motifs is 3. The van der Waals surface area contributed by atoms with Gasteiger partial charge in [0.2, 0.25) is 0 Å². The summed E-state index contributed by atoms with van der Waals surface area (Å²) in [5.74, 6) is -1.75. The zero-order valence-electron chi connectivity index (χ0n) is 17.8. The van der Waals surface area contributed by atoms with E-state index < -0.39 is 17.8 Å². The standard InChI is InChI=1S/C27H21FO4S/c1-3-24(29)31-15-5-6-17-7-9-18(10-8-17)19-11-12-20-21-13-14-22(32-25(30)4-2)26(28)27(21)33-23(20)16-19/h3-4,7-14,16H,1-2,5-6,15H2. The number of esters is 2. The van der Waals surface area contributed by atoms with Crippen LogP contribution in [0, 0.1) is 5.82 Å². The van der Waals surface area contributed by atoms with Crippen molar-refractivity contribution < 1.29 is 23.5 Å². The summed E-state index contributed by atoms with van der Waals surface area (Å²) in [4.78, 5) is 22.5. The van der Waals surface area contributed by atoms with Crippen LogP contribution in [0.3, 0.4) is 0 Å². The molecule has 1 heterocycles. The maximum absolute atomic E-state index is 14.9. The van der Waals surface area contributed by atoms with Gasteiger partial charge >= 0.3 is 11.9 Å². The van der Waals surface area contributed by atoms with Gasteiger partial charge in [0.1, 0.15) is 0 Å². The zero-order valence-corrected chi connectivity index (χ0v) is 18.6. The first-order valence-electron chi connectivity index (χ1n) is 10.4. The lowest BCUT2D eigenvalue weighted by Crippen LogP contribution is -2.04. The lowest BCUT2D eigenvalue weighted by atomic mass is 10.0. The van der Waals surface area contributed by atoms with E-state index in [9.17, 15) is 14.0 Å². The lowest BCUT2D eigenvalue weighted by molar-refractivity contribution is -0.137. The monoisotopic (exact) mass is 460 g/mol. The Hall–Kier alpha value is -3.77. The molecule has 0 amide bonds. The highest BCUT2D eigenvalue weighted by Gasteiger charge is 2.16. The minimum Gasteiger partial charge on any atom is -0.463 e.